The number of carbonyl (C=O) groups excluding carboxylic acids is 2. The van der Waals surface area contributed by atoms with Gasteiger partial charge in [-0.3, -0.25) is 0 Å². The molecule has 1 aromatic heterocycles. The molecule has 1 aliphatic carbocycles. The molecule has 6 heteroatoms. The van der Waals surface area contributed by atoms with Crippen molar-refractivity contribution >= 4 is 11.9 Å². The Kier molecular flexibility index (Phi) is 3.03. The van der Waals surface area contributed by atoms with Gasteiger partial charge in [-0.25, -0.2) is 9.59 Å². The lowest BCUT2D eigenvalue weighted by Gasteiger charge is -2.07. The van der Waals surface area contributed by atoms with Crippen LogP contribution in [0.2, 0.25) is 0 Å². The van der Waals surface area contributed by atoms with Gasteiger partial charge < -0.3 is 9.47 Å². The van der Waals surface area contributed by atoms with E-state index in [9.17, 15) is 9.59 Å². The van der Waals surface area contributed by atoms with Crippen molar-refractivity contribution < 1.29 is 19.1 Å². The molecule has 0 amide bonds. The van der Waals surface area contributed by atoms with Gasteiger partial charge in [-0.2, -0.15) is 0 Å². The molecular weight excluding hydrogens is 224 g/mol. The number of fused-ring (bicyclic) bond motifs is 1. The molecule has 1 aromatic rings. The van der Waals surface area contributed by atoms with E-state index in [0.717, 1.165) is 17.5 Å². The summed E-state index contributed by atoms with van der Waals surface area (Å²) in [4.78, 5) is 23.0. The van der Waals surface area contributed by atoms with Crippen LogP contribution in [0.25, 0.3) is 0 Å². The van der Waals surface area contributed by atoms with Crippen LogP contribution < -0.4 is 0 Å². The molecule has 0 unspecified atom stereocenters. The third-order valence-corrected chi connectivity index (χ3v) is 2.80. The molecule has 0 saturated carbocycles. The third-order valence-electron chi connectivity index (χ3n) is 2.80. The minimum atomic E-state index is -0.521. The van der Waals surface area contributed by atoms with Crippen molar-refractivity contribution in [1.82, 2.24) is 10.2 Å². The number of carbonyl (C=O) groups is 2. The van der Waals surface area contributed by atoms with Crippen LogP contribution in [-0.4, -0.2) is 36.4 Å². The van der Waals surface area contributed by atoms with Gasteiger partial charge in [-0.15, -0.1) is 10.2 Å². The van der Waals surface area contributed by atoms with E-state index in [1.165, 1.54) is 14.2 Å². The molecular formula is C11H12N2O4. The molecule has 0 radical (unpaired) electrons. The average Bonchev–Trinajstić information content (AvgIpc) is 2.84. The smallest absolute Gasteiger partial charge is 0.358 e. The number of nitrogens with zero attached hydrogens (tertiary/aromatic N) is 2. The molecule has 6 nitrogen and oxygen atoms in total. The van der Waals surface area contributed by atoms with Crippen molar-refractivity contribution in [3.05, 3.63) is 22.5 Å². The molecule has 0 aromatic carbocycles. The van der Waals surface area contributed by atoms with Crippen LogP contribution in [0.15, 0.2) is 0 Å². The van der Waals surface area contributed by atoms with E-state index in [2.05, 4.69) is 19.7 Å². The highest BCUT2D eigenvalue weighted by molar-refractivity contribution is 5.93. The summed E-state index contributed by atoms with van der Waals surface area (Å²) in [6.07, 6.45) is 2.29. The number of rotatable bonds is 2. The summed E-state index contributed by atoms with van der Waals surface area (Å²) in [6.45, 7) is 0. The van der Waals surface area contributed by atoms with Crippen molar-refractivity contribution in [2.75, 3.05) is 14.2 Å². The maximum Gasteiger partial charge on any atom is 0.358 e. The average molecular weight is 236 g/mol. The fourth-order valence-corrected chi connectivity index (χ4v) is 2.01. The highest BCUT2D eigenvalue weighted by Crippen LogP contribution is 2.26. The topological polar surface area (TPSA) is 78.4 Å². The van der Waals surface area contributed by atoms with E-state index in [1.807, 2.05) is 0 Å². The van der Waals surface area contributed by atoms with Crippen LogP contribution in [0.1, 0.15) is 38.5 Å². The molecule has 0 bridgehead atoms. The normalized spacial score (nSPS) is 13.1. The van der Waals surface area contributed by atoms with Gasteiger partial charge in [0.15, 0.2) is 11.4 Å². The zero-order valence-electron chi connectivity index (χ0n) is 9.65. The lowest BCUT2D eigenvalue weighted by Crippen LogP contribution is -2.16. The second-order valence-electron chi connectivity index (χ2n) is 3.69. The zero-order chi connectivity index (χ0) is 12.4. The summed E-state index contributed by atoms with van der Waals surface area (Å²) in [5.74, 6) is -1.04. The van der Waals surface area contributed by atoms with Crippen molar-refractivity contribution in [1.29, 1.82) is 0 Å². The number of methoxy groups -OCH3 is 2. The van der Waals surface area contributed by atoms with Crippen molar-refractivity contribution in [2.45, 2.75) is 19.3 Å². The second kappa shape index (κ2) is 4.48. The Hall–Kier alpha value is -1.98. The highest BCUT2D eigenvalue weighted by atomic mass is 16.5. The highest BCUT2D eigenvalue weighted by Gasteiger charge is 2.28. The number of ether oxygens (including phenoxy) is 2. The SMILES string of the molecule is COC(=O)c1nnc(C(=O)OC)c2c1CCC2. The maximum atomic E-state index is 11.5. The Bertz CT molecular complexity index is 442. The van der Waals surface area contributed by atoms with E-state index >= 15 is 0 Å². The lowest BCUT2D eigenvalue weighted by molar-refractivity contribution is 0.0572. The molecule has 1 heterocycles. The Morgan fingerprint density at radius 1 is 0.941 bits per heavy atom. The van der Waals surface area contributed by atoms with Gasteiger partial charge >= 0.3 is 11.9 Å². The molecule has 0 fully saturated rings. The van der Waals surface area contributed by atoms with Gasteiger partial charge in [0.2, 0.25) is 0 Å². The Labute approximate surface area is 97.9 Å². The first-order chi connectivity index (χ1) is 8.19. The van der Waals surface area contributed by atoms with Crippen molar-refractivity contribution in [2.24, 2.45) is 0 Å². The molecule has 90 valence electrons. The van der Waals surface area contributed by atoms with E-state index in [4.69, 9.17) is 0 Å². The monoisotopic (exact) mass is 236 g/mol. The molecule has 17 heavy (non-hydrogen) atoms. The number of aromatic nitrogens is 2. The summed E-state index contributed by atoms with van der Waals surface area (Å²) in [7, 11) is 2.58. The number of hydrogen-bond acceptors (Lipinski definition) is 6. The lowest BCUT2D eigenvalue weighted by atomic mass is 10.1. The van der Waals surface area contributed by atoms with Crippen molar-refractivity contribution in [3.8, 4) is 0 Å². The predicted molar refractivity (Wildman–Crippen MR) is 56.7 cm³/mol. The molecule has 0 spiro atoms. The van der Waals surface area contributed by atoms with Gasteiger partial charge in [0.05, 0.1) is 14.2 Å². The van der Waals surface area contributed by atoms with Crippen LogP contribution in [0.4, 0.5) is 0 Å². The van der Waals surface area contributed by atoms with Gasteiger partial charge in [0.1, 0.15) is 0 Å². The first-order valence-electron chi connectivity index (χ1n) is 5.24. The molecule has 0 aliphatic heterocycles. The Morgan fingerprint density at radius 3 is 1.71 bits per heavy atom. The standard InChI is InChI=1S/C11H12N2O4/c1-16-10(14)8-6-4-3-5-7(6)9(13-12-8)11(15)17-2/h3-5H2,1-2H3. The van der Waals surface area contributed by atoms with E-state index in [0.29, 0.717) is 12.8 Å². The fourth-order valence-electron chi connectivity index (χ4n) is 2.01. The first-order valence-corrected chi connectivity index (χ1v) is 5.24. The molecule has 0 N–H and O–H groups in total. The van der Waals surface area contributed by atoms with Crippen LogP contribution >= 0.6 is 0 Å². The zero-order valence-corrected chi connectivity index (χ0v) is 9.65. The minimum Gasteiger partial charge on any atom is -0.464 e. The molecule has 0 saturated heterocycles. The summed E-state index contributed by atoms with van der Waals surface area (Å²) >= 11 is 0. The van der Waals surface area contributed by atoms with E-state index in [-0.39, 0.29) is 11.4 Å². The number of hydrogen-bond donors (Lipinski definition) is 0. The summed E-state index contributed by atoms with van der Waals surface area (Å²) in [6, 6.07) is 0. The molecule has 1 aliphatic rings. The van der Waals surface area contributed by atoms with Crippen LogP contribution in [0.5, 0.6) is 0 Å². The van der Waals surface area contributed by atoms with Gasteiger partial charge in [0, 0.05) is 0 Å². The second-order valence-corrected chi connectivity index (χ2v) is 3.69. The third kappa shape index (κ3) is 1.86. The largest absolute Gasteiger partial charge is 0.464 e. The van der Waals surface area contributed by atoms with Crippen LogP contribution in [-0.2, 0) is 22.3 Å². The molecule has 2 rings (SSSR count). The maximum absolute atomic E-state index is 11.5. The fraction of sp³-hybridized carbons (Fsp3) is 0.455. The van der Waals surface area contributed by atoms with Gasteiger partial charge in [-0.1, -0.05) is 0 Å². The van der Waals surface area contributed by atoms with Crippen LogP contribution in [0.3, 0.4) is 0 Å². The van der Waals surface area contributed by atoms with Gasteiger partial charge in [-0.05, 0) is 30.4 Å². The Morgan fingerprint density at radius 2 is 1.35 bits per heavy atom. The quantitative estimate of drug-likeness (QED) is 0.697. The summed E-state index contributed by atoms with van der Waals surface area (Å²) < 4.78 is 9.26. The van der Waals surface area contributed by atoms with Crippen molar-refractivity contribution in [3.63, 3.8) is 0 Å². The number of esters is 2. The molecule has 0 atom stereocenters. The summed E-state index contributed by atoms with van der Waals surface area (Å²) in [5.41, 5.74) is 1.92. The summed E-state index contributed by atoms with van der Waals surface area (Å²) in [5, 5.41) is 7.53. The minimum absolute atomic E-state index is 0.202. The Balaban J connectivity index is 2.53. The van der Waals surface area contributed by atoms with Gasteiger partial charge in [0.25, 0.3) is 0 Å². The predicted octanol–water partition coefficient (Wildman–Crippen LogP) is 0.538. The van der Waals surface area contributed by atoms with Crippen LogP contribution in [0, 0.1) is 0 Å². The van der Waals surface area contributed by atoms with E-state index in [1.54, 1.807) is 0 Å². The van der Waals surface area contributed by atoms with E-state index < -0.39 is 11.9 Å². The first kappa shape index (κ1) is 11.5.